The fourth-order valence-electron chi connectivity index (χ4n) is 4.13. The predicted octanol–water partition coefficient (Wildman–Crippen LogP) is 3.00. The molecule has 5 heteroatoms. The number of nitrogens with zero attached hydrogens (tertiary/aromatic N) is 1. The summed E-state index contributed by atoms with van der Waals surface area (Å²) in [4.78, 5) is 2.45. The maximum atomic E-state index is 15.6. The molecule has 1 aliphatic heterocycles. The minimum atomic E-state index is -1.32. The number of likely N-dealkylation sites (tertiary alicyclic amines) is 1. The second-order valence-electron chi connectivity index (χ2n) is 8.49. The zero-order valence-electron chi connectivity index (χ0n) is 15.5. The Morgan fingerprint density at radius 3 is 2.41 bits per heavy atom. The van der Waals surface area contributed by atoms with Crippen LogP contribution in [0.25, 0.3) is 0 Å². The van der Waals surface area contributed by atoms with E-state index in [4.69, 9.17) is 13.6 Å². The second-order valence-corrected chi connectivity index (χ2v) is 8.49. The van der Waals surface area contributed by atoms with Crippen molar-refractivity contribution in [2.75, 3.05) is 6.67 Å². The van der Waals surface area contributed by atoms with Crippen LogP contribution in [-0.2, 0) is 0 Å². The van der Waals surface area contributed by atoms with Gasteiger partial charge in [0.15, 0.2) is 0 Å². The van der Waals surface area contributed by atoms with Gasteiger partial charge in [0.2, 0.25) is 0 Å². The first-order valence-electron chi connectivity index (χ1n) is 8.55. The van der Waals surface area contributed by atoms with Crippen molar-refractivity contribution >= 4 is 7.85 Å². The highest BCUT2D eigenvalue weighted by molar-refractivity contribution is 6.15. The molecule has 0 spiro atoms. The summed E-state index contributed by atoms with van der Waals surface area (Å²) < 4.78 is 15.6. The molecule has 0 saturated carbocycles. The van der Waals surface area contributed by atoms with Crippen molar-refractivity contribution in [2.45, 2.75) is 102 Å². The zero-order chi connectivity index (χ0) is 17.3. The zero-order valence-corrected chi connectivity index (χ0v) is 15.5. The largest absolute Gasteiger partial charge is 0.318 e. The van der Waals surface area contributed by atoms with Gasteiger partial charge < -0.3 is 5.73 Å². The predicted molar refractivity (Wildman–Crippen MR) is 94.0 cm³/mol. The maximum absolute atomic E-state index is 15.6. The second kappa shape index (κ2) is 6.78. The van der Waals surface area contributed by atoms with E-state index in [1.807, 2.05) is 13.8 Å². The lowest BCUT2D eigenvalue weighted by atomic mass is 9.57. The van der Waals surface area contributed by atoms with Crippen LogP contribution >= 0.6 is 0 Å². The molecule has 0 amide bonds. The molecule has 1 saturated heterocycles. The summed E-state index contributed by atoms with van der Waals surface area (Å²) in [7, 11) is 6.61. The fourth-order valence-corrected chi connectivity index (χ4v) is 4.13. The van der Waals surface area contributed by atoms with Crippen LogP contribution in [0.3, 0.4) is 0 Å². The number of hydrogen-bond acceptors (Lipinski definition) is 3. The summed E-state index contributed by atoms with van der Waals surface area (Å²) in [6.45, 7) is 15.1. The highest BCUT2D eigenvalue weighted by Crippen LogP contribution is 2.47. The van der Waals surface area contributed by atoms with Gasteiger partial charge in [-0.2, -0.15) is 0 Å². The molecule has 1 aliphatic rings. The minimum absolute atomic E-state index is 0.0108. The lowest BCUT2D eigenvalue weighted by Gasteiger charge is -2.54. The van der Waals surface area contributed by atoms with Crippen molar-refractivity contribution in [3.05, 3.63) is 0 Å². The molecule has 0 bridgehead atoms. The summed E-state index contributed by atoms with van der Waals surface area (Å²) in [6.07, 6.45) is 1.67. The Morgan fingerprint density at radius 2 is 1.95 bits per heavy atom. The van der Waals surface area contributed by atoms with Gasteiger partial charge in [-0.25, -0.2) is 4.39 Å². The average Bonchev–Trinajstić information content (AvgIpc) is 2.33. The molecule has 0 aromatic heterocycles. The third kappa shape index (κ3) is 4.24. The molecule has 128 valence electrons. The molecular formula is C17H35BFN3. The van der Waals surface area contributed by atoms with Crippen LogP contribution in [0.15, 0.2) is 0 Å². The van der Waals surface area contributed by atoms with E-state index in [0.717, 1.165) is 6.42 Å². The van der Waals surface area contributed by atoms with E-state index in [1.54, 1.807) is 0 Å². The van der Waals surface area contributed by atoms with Gasteiger partial charge in [0.25, 0.3) is 0 Å². The van der Waals surface area contributed by atoms with Gasteiger partial charge >= 0.3 is 0 Å². The number of alkyl halides is 1. The molecule has 1 heterocycles. The standard InChI is InChI=1S/C17H35BFN3/c1-12-8-9-17(19,13(2)21-11-20)10-16(7,18)14(3)22(12)15(4,5)6/h12-14,21H,8-11,20H2,1-7H3. The van der Waals surface area contributed by atoms with Gasteiger partial charge in [0.05, 0.1) is 7.85 Å². The molecule has 0 aromatic carbocycles. The van der Waals surface area contributed by atoms with Crippen molar-refractivity contribution in [1.29, 1.82) is 0 Å². The quantitative estimate of drug-likeness (QED) is 0.622. The fraction of sp³-hybridized carbons (Fsp3) is 1.00. The maximum Gasteiger partial charge on any atom is 0.125 e. The van der Waals surface area contributed by atoms with E-state index in [0.29, 0.717) is 18.9 Å². The average molecular weight is 311 g/mol. The SMILES string of the molecule is [B]C1(C)CC(F)(C(C)NCN)CCC(C)N(C(C)(C)C)C1C. The Kier molecular flexibility index (Phi) is 6.14. The first kappa shape index (κ1) is 19.9. The highest BCUT2D eigenvalue weighted by Gasteiger charge is 2.48. The van der Waals surface area contributed by atoms with Crippen molar-refractivity contribution < 1.29 is 4.39 Å². The van der Waals surface area contributed by atoms with Crippen LogP contribution in [0.5, 0.6) is 0 Å². The van der Waals surface area contributed by atoms with E-state index in [1.165, 1.54) is 0 Å². The van der Waals surface area contributed by atoms with Gasteiger partial charge in [-0.05, 0) is 60.8 Å². The van der Waals surface area contributed by atoms with Gasteiger partial charge in [-0.1, -0.05) is 12.2 Å². The summed E-state index contributed by atoms with van der Waals surface area (Å²) >= 11 is 0. The van der Waals surface area contributed by atoms with Crippen molar-refractivity contribution in [1.82, 2.24) is 10.2 Å². The smallest absolute Gasteiger partial charge is 0.125 e. The van der Waals surface area contributed by atoms with Gasteiger partial charge in [-0.3, -0.25) is 10.2 Å². The summed E-state index contributed by atoms with van der Waals surface area (Å²) in [5.41, 5.74) is 4.24. The number of hydrogen-bond donors (Lipinski definition) is 2. The molecule has 0 aromatic rings. The van der Waals surface area contributed by atoms with Crippen LogP contribution in [0.1, 0.15) is 67.7 Å². The monoisotopic (exact) mass is 311 g/mol. The molecule has 3 N–H and O–H groups in total. The lowest BCUT2D eigenvalue weighted by molar-refractivity contribution is -0.0279. The minimum Gasteiger partial charge on any atom is -0.318 e. The van der Waals surface area contributed by atoms with Crippen LogP contribution in [0.2, 0.25) is 5.31 Å². The van der Waals surface area contributed by atoms with Crippen molar-refractivity contribution in [3.8, 4) is 0 Å². The topological polar surface area (TPSA) is 41.3 Å². The van der Waals surface area contributed by atoms with Crippen LogP contribution < -0.4 is 11.1 Å². The number of halogens is 1. The molecule has 1 rings (SSSR count). The van der Waals surface area contributed by atoms with E-state index >= 15 is 4.39 Å². The van der Waals surface area contributed by atoms with Crippen molar-refractivity contribution in [3.63, 3.8) is 0 Å². The Balaban J connectivity index is 3.13. The van der Waals surface area contributed by atoms with Gasteiger partial charge in [0, 0.05) is 30.3 Å². The lowest BCUT2D eigenvalue weighted by Crippen LogP contribution is -2.60. The Bertz CT molecular complexity index is 369. The Morgan fingerprint density at radius 1 is 1.41 bits per heavy atom. The van der Waals surface area contributed by atoms with E-state index < -0.39 is 11.0 Å². The Hall–Kier alpha value is -0.125. The molecular weight excluding hydrogens is 276 g/mol. The van der Waals surface area contributed by atoms with Crippen LogP contribution in [0.4, 0.5) is 4.39 Å². The third-order valence-electron chi connectivity index (χ3n) is 5.47. The van der Waals surface area contributed by atoms with Crippen molar-refractivity contribution in [2.24, 2.45) is 5.73 Å². The molecule has 2 radical (unpaired) electrons. The number of nitrogens with one attached hydrogen (secondary N) is 1. The van der Waals surface area contributed by atoms with E-state index in [-0.39, 0.29) is 24.3 Å². The molecule has 0 aliphatic carbocycles. The van der Waals surface area contributed by atoms with E-state index in [9.17, 15) is 0 Å². The number of rotatable bonds is 3. The summed E-state index contributed by atoms with van der Waals surface area (Å²) in [5, 5.41) is 2.45. The molecule has 5 atom stereocenters. The molecule has 22 heavy (non-hydrogen) atoms. The normalized spacial score (nSPS) is 40.0. The van der Waals surface area contributed by atoms with E-state index in [2.05, 4.69) is 44.8 Å². The molecule has 3 nitrogen and oxygen atoms in total. The highest BCUT2D eigenvalue weighted by atomic mass is 19.1. The summed E-state index contributed by atoms with van der Waals surface area (Å²) in [6, 6.07) is 0.0994. The Labute approximate surface area is 138 Å². The number of nitrogens with two attached hydrogens (primary N) is 1. The van der Waals surface area contributed by atoms with Crippen LogP contribution in [0, 0.1) is 0 Å². The first-order chi connectivity index (χ1) is 9.85. The first-order valence-corrected chi connectivity index (χ1v) is 8.55. The van der Waals surface area contributed by atoms with Gasteiger partial charge in [-0.15, -0.1) is 0 Å². The van der Waals surface area contributed by atoms with Crippen LogP contribution in [-0.4, -0.2) is 48.7 Å². The third-order valence-corrected chi connectivity index (χ3v) is 5.47. The molecule has 5 unspecified atom stereocenters. The van der Waals surface area contributed by atoms with Gasteiger partial charge in [0.1, 0.15) is 5.67 Å². The molecule has 1 fully saturated rings. The summed E-state index contributed by atoms with van der Waals surface area (Å²) in [5.74, 6) is 0.